The van der Waals surface area contributed by atoms with E-state index in [0.29, 0.717) is 13.0 Å². The second kappa shape index (κ2) is 37.9. The van der Waals surface area contributed by atoms with E-state index in [4.69, 9.17) is 28.4 Å². The average Bonchev–Trinajstić information content (AvgIpc) is 3.30. The Kier molecular flexibility index (Phi) is 33.9. The van der Waals surface area contributed by atoms with Crippen molar-refractivity contribution >= 4 is 5.97 Å². The summed E-state index contributed by atoms with van der Waals surface area (Å²) in [6, 6.07) is 0. The van der Waals surface area contributed by atoms with Gasteiger partial charge in [-0.25, -0.2) is 0 Å². The van der Waals surface area contributed by atoms with E-state index < -0.39 is 86.7 Å². The number of aliphatic hydroxyl groups is 7. The van der Waals surface area contributed by atoms with Crippen molar-refractivity contribution < 1.29 is 69.0 Å². The van der Waals surface area contributed by atoms with Crippen molar-refractivity contribution in [3.8, 4) is 0 Å². The minimum atomic E-state index is -1.73. The summed E-state index contributed by atoms with van der Waals surface area (Å²) in [6.45, 7) is 3.27. The van der Waals surface area contributed by atoms with Gasteiger partial charge in [0, 0.05) is 13.0 Å². The van der Waals surface area contributed by atoms with Crippen LogP contribution in [0.15, 0.2) is 97.2 Å². The fourth-order valence-electron chi connectivity index (χ4n) is 6.76. The van der Waals surface area contributed by atoms with E-state index in [0.717, 1.165) is 89.9 Å². The molecule has 11 atom stereocenters. The highest BCUT2D eigenvalue weighted by Crippen LogP contribution is 2.26. The standard InChI is InChI=1S/C51H82O14/c1-3-5-7-9-11-13-15-17-18-19-20-21-23-25-27-29-31-33-35-60-37-40(63-43(53)34-32-30-28-26-24-22-16-14-12-10-8-6-4-2)38-61-50-49(59)47(57)45(55)42(65-50)39-62-51-48(58)46(56)44(54)41(36-52)64-51/h5-8,11-14,17-18,20-22,24,28,30,40-42,44-52,54-59H,3-4,9-10,15-16,19,23,25-27,29,31-39H2,1-2H3/b7-5-,8-6-,13-11-,14-12-,18-17-,21-20-,24-22-,30-28-. The van der Waals surface area contributed by atoms with E-state index in [9.17, 15) is 40.5 Å². The van der Waals surface area contributed by atoms with Crippen molar-refractivity contribution in [2.24, 2.45) is 0 Å². The fraction of sp³-hybridized carbons (Fsp3) is 0.667. The first-order chi connectivity index (χ1) is 31.6. The molecule has 14 heteroatoms. The molecule has 0 amide bonds. The molecule has 2 aliphatic heterocycles. The van der Waals surface area contributed by atoms with E-state index in [1.54, 1.807) is 0 Å². The zero-order valence-electron chi connectivity index (χ0n) is 38.9. The molecule has 2 fully saturated rings. The van der Waals surface area contributed by atoms with E-state index in [-0.39, 0.29) is 19.6 Å². The number of hydrogen-bond acceptors (Lipinski definition) is 14. The number of esters is 1. The molecule has 2 heterocycles. The second-order valence-corrected chi connectivity index (χ2v) is 16.2. The molecule has 0 aromatic heterocycles. The third-order valence-corrected chi connectivity index (χ3v) is 10.6. The van der Waals surface area contributed by atoms with Crippen LogP contribution >= 0.6 is 0 Å². The third kappa shape index (κ3) is 26.1. The van der Waals surface area contributed by atoms with E-state index >= 15 is 0 Å². The maximum absolute atomic E-state index is 12.9. The number of ether oxygens (including phenoxy) is 6. The highest BCUT2D eigenvalue weighted by molar-refractivity contribution is 5.69. The van der Waals surface area contributed by atoms with Crippen LogP contribution < -0.4 is 0 Å². The number of allylic oxidation sites excluding steroid dienone is 16. The molecule has 370 valence electrons. The van der Waals surface area contributed by atoms with Crippen molar-refractivity contribution in [1.82, 2.24) is 0 Å². The first kappa shape index (κ1) is 58.0. The number of unbranched alkanes of at least 4 members (excludes halogenated alkanes) is 5. The van der Waals surface area contributed by atoms with Crippen LogP contribution in [0.3, 0.4) is 0 Å². The molecule has 0 radical (unpaired) electrons. The Morgan fingerprint density at radius 2 is 0.954 bits per heavy atom. The van der Waals surface area contributed by atoms with Crippen molar-refractivity contribution in [1.29, 1.82) is 0 Å². The summed E-state index contributed by atoms with van der Waals surface area (Å²) in [6.07, 6.45) is 32.1. The van der Waals surface area contributed by atoms with Crippen molar-refractivity contribution in [3.05, 3.63) is 97.2 Å². The summed E-state index contributed by atoms with van der Waals surface area (Å²) in [5.41, 5.74) is 0. The second-order valence-electron chi connectivity index (χ2n) is 16.2. The molecule has 0 bridgehead atoms. The summed E-state index contributed by atoms with van der Waals surface area (Å²) < 4.78 is 34.1. The minimum Gasteiger partial charge on any atom is -0.457 e. The van der Waals surface area contributed by atoms with Gasteiger partial charge in [-0.15, -0.1) is 0 Å². The number of aliphatic hydroxyl groups excluding tert-OH is 7. The molecule has 2 aliphatic rings. The number of carbonyl (C=O) groups excluding carboxylic acids is 1. The van der Waals surface area contributed by atoms with Crippen molar-refractivity contribution in [2.75, 3.05) is 33.0 Å². The molecular formula is C51H82O14. The zero-order chi connectivity index (χ0) is 47.3. The summed E-state index contributed by atoms with van der Waals surface area (Å²) >= 11 is 0. The normalized spacial score (nSPS) is 27.4. The Hall–Kier alpha value is -3.09. The number of hydrogen-bond donors (Lipinski definition) is 7. The average molecular weight is 919 g/mol. The van der Waals surface area contributed by atoms with Gasteiger partial charge in [-0.3, -0.25) is 4.79 Å². The van der Waals surface area contributed by atoms with Gasteiger partial charge in [-0.2, -0.15) is 0 Å². The van der Waals surface area contributed by atoms with Crippen LogP contribution in [-0.2, 0) is 33.2 Å². The Balaban J connectivity index is 1.83. The molecule has 0 spiro atoms. The van der Waals surface area contributed by atoms with E-state index in [2.05, 4.69) is 98.9 Å². The Morgan fingerprint density at radius 1 is 0.508 bits per heavy atom. The number of rotatable bonds is 35. The van der Waals surface area contributed by atoms with Gasteiger partial charge in [-0.1, -0.05) is 130 Å². The molecule has 11 unspecified atom stereocenters. The molecule has 14 nitrogen and oxygen atoms in total. The Labute approximate surface area is 388 Å². The number of carbonyl (C=O) groups is 1. The predicted octanol–water partition coefficient (Wildman–Crippen LogP) is 6.29. The summed E-state index contributed by atoms with van der Waals surface area (Å²) in [5.74, 6) is -0.468. The summed E-state index contributed by atoms with van der Waals surface area (Å²) in [5, 5.41) is 72.0. The van der Waals surface area contributed by atoms with Crippen LogP contribution in [0.5, 0.6) is 0 Å². The minimum absolute atomic E-state index is 0.0131. The van der Waals surface area contributed by atoms with Gasteiger partial charge in [-0.05, 0) is 77.0 Å². The largest absolute Gasteiger partial charge is 0.457 e. The quantitative estimate of drug-likeness (QED) is 0.0212. The molecule has 0 aliphatic carbocycles. The lowest BCUT2D eigenvalue weighted by molar-refractivity contribution is -0.332. The van der Waals surface area contributed by atoms with Crippen LogP contribution in [0.2, 0.25) is 0 Å². The van der Waals surface area contributed by atoms with Gasteiger partial charge in [0.05, 0.1) is 26.4 Å². The molecule has 0 aromatic carbocycles. The highest BCUT2D eigenvalue weighted by atomic mass is 16.7. The van der Waals surface area contributed by atoms with Crippen LogP contribution in [0.4, 0.5) is 0 Å². The predicted molar refractivity (Wildman–Crippen MR) is 251 cm³/mol. The van der Waals surface area contributed by atoms with Gasteiger partial charge in [0.2, 0.25) is 0 Å². The monoisotopic (exact) mass is 919 g/mol. The third-order valence-electron chi connectivity index (χ3n) is 10.6. The van der Waals surface area contributed by atoms with Crippen molar-refractivity contribution in [3.63, 3.8) is 0 Å². The zero-order valence-corrected chi connectivity index (χ0v) is 38.9. The summed E-state index contributed by atoms with van der Waals surface area (Å²) in [4.78, 5) is 12.9. The van der Waals surface area contributed by atoms with Gasteiger partial charge in [0.25, 0.3) is 0 Å². The van der Waals surface area contributed by atoms with Crippen LogP contribution in [0.1, 0.15) is 117 Å². The van der Waals surface area contributed by atoms with Crippen LogP contribution in [-0.4, -0.2) is 142 Å². The van der Waals surface area contributed by atoms with Gasteiger partial charge < -0.3 is 64.2 Å². The molecule has 7 N–H and O–H groups in total. The van der Waals surface area contributed by atoms with Gasteiger partial charge in [0.15, 0.2) is 12.6 Å². The Morgan fingerprint density at radius 3 is 1.49 bits per heavy atom. The highest BCUT2D eigenvalue weighted by Gasteiger charge is 2.47. The lowest BCUT2D eigenvalue weighted by Crippen LogP contribution is -2.61. The molecule has 2 rings (SSSR count). The van der Waals surface area contributed by atoms with Gasteiger partial charge in [0.1, 0.15) is 54.9 Å². The maximum atomic E-state index is 12.9. The molecule has 0 aromatic rings. The lowest BCUT2D eigenvalue weighted by atomic mass is 9.98. The molecular weight excluding hydrogens is 837 g/mol. The SMILES string of the molecule is CC/C=C\C/C=C\C/C=C\C/C=C\CCCCCCCOCC(COC1OC(COC2OC(CO)C(O)C(O)C2O)C(O)C(O)C1O)OC(=O)CC/C=C\C/C=C\C/C=C\C/C=C\CC. The Bertz CT molecular complexity index is 1440. The summed E-state index contributed by atoms with van der Waals surface area (Å²) in [7, 11) is 0. The van der Waals surface area contributed by atoms with Crippen LogP contribution in [0.25, 0.3) is 0 Å². The first-order valence-corrected chi connectivity index (χ1v) is 23.8. The topological polar surface area (TPSA) is 214 Å². The first-order valence-electron chi connectivity index (χ1n) is 23.8. The molecule has 65 heavy (non-hydrogen) atoms. The van der Waals surface area contributed by atoms with E-state index in [1.807, 2.05) is 12.2 Å². The molecule has 0 saturated carbocycles. The maximum Gasteiger partial charge on any atom is 0.306 e. The lowest BCUT2D eigenvalue weighted by Gasteiger charge is -2.42. The van der Waals surface area contributed by atoms with E-state index in [1.165, 1.54) is 0 Å². The van der Waals surface area contributed by atoms with Gasteiger partial charge >= 0.3 is 5.97 Å². The molecule has 2 saturated heterocycles. The van der Waals surface area contributed by atoms with Crippen molar-refractivity contribution in [2.45, 2.75) is 184 Å². The van der Waals surface area contributed by atoms with Crippen LogP contribution in [0, 0.1) is 0 Å². The fourth-order valence-corrected chi connectivity index (χ4v) is 6.76. The smallest absolute Gasteiger partial charge is 0.306 e.